The highest BCUT2D eigenvalue weighted by atomic mass is 16.5. The number of hydrogen-bond acceptors (Lipinski definition) is 4. The molecule has 1 N–H and O–H groups in total. The lowest BCUT2D eigenvalue weighted by Gasteiger charge is -2.13. The lowest BCUT2D eigenvalue weighted by atomic mass is 10.1. The standard InChI is InChI=1S/C24H29N3O4/c1-4-14-26-19-11-6-7-12-20(19)27(24(26)30)15-13-22(29)31-16-21(28)25-23-17(3)9-8-10-18(23)5-2/h6-12H,4-5,13-16H2,1-3H3,(H,25,28). The average molecular weight is 424 g/mol. The Morgan fingerprint density at radius 1 is 0.968 bits per heavy atom. The first-order valence-corrected chi connectivity index (χ1v) is 10.7. The topological polar surface area (TPSA) is 82.3 Å². The Morgan fingerprint density at radius 3 is 2.29 bits per heavy atom. The summed E-state index contributed by atoms with van der Waals surface area (Å²) in [6, 6.07) is 13.4. The summed E-state index contributed by atoms with van der Waals surface area (Å²) in [4.78, 5) is 37.2. The van der Waals surface area contributed by atoms with Gasteiger partial charge in [-0.05, 0) is 43.0 Å². The molecule has 0 saturated carbocycles. The van der Waals surface area contributed by atoms with E-state index < -0.39 is 5.97 Å². The number of amides is 1. The van der Waals surface area contributed by atoms with Gasteiger partial charge in [-0.25, -0.2) is 4.79 Å². The molecule has 0 bridgehead atoms. The summed E-state index contributed by atoms with van der Waals surface area (Å²) >= 11 is 0. The molecule has 164 valence electrons. The summed E-state index contributed by atoms with van der Waals surface area (Å²) in [7, 11) is 0. The van der Waals surface area contributed by atoms with Gasteiger partial charge < -0.3 is 10.1 Å². The molecule has 7 heteroatoms. The first-order valence-electron chi connectivity index (χ1n) is 10.7. The molecule has 7 nitrogen and oxygen atoms in total. The normalized spacial score (nSPS) is 10.9. The van der Waals surface area contributed by atoms with E-state index in [9.17, 15) is 14.4 Å². The number of ether oxygens (including phenoxy) is 1. The third-order valence-electron chi connectivity index (χ3n) is 5.28. The van der Waals surface area contributed by atoms with Gasteiger partial charge in [0.2, 0.25) is 0 Å². The molecule has 0 spiro atoms. The molecule has 1 aromatic heterocycles. The van der Waals surface area contributed by atoms with Crippen LogP contribution in [-0.4, -0.2) is 27.6 Å². The van der Waals surface area contributed by atoms with Crippen molar-refractivity contribution in [3.8, 4) is 0 Å². The van der Waals surface area contributed by atoms with Crippen molar-refractivity contribution in [2.75, 3.05) is 11.9 Å². The number of aryl methyl sites for hydroxylation is 4. The molecule has 3 aromatic rings. The van der Waals surface area contributed by atoms with E-state index in [1.54, 1.807) is 9.13 Å². The van der Waals surface area contributed by atoms with Crippen molar-refractivity contribution >= 4 is 28.6 Å². The van der Waals surface area contributed by atoms with Gasteiger partial charge in [0.1, 0.15) is 0 Å². The van der Waals surface area contributed by atoms with Crippen LogP contribution < -0.4 is 11.0 Å². The number of carbonyl (C=O) groups is 2. The molecule has 0 aliphatic carbocycles. The van der Waals surface area contributed by atoms with Crippen LogP contribution in [0.2, 0.25) is 0 Å². The SMILES string of the molecule is CCCn1c(=O)n(CCC(=O)OCC(=O)Nc2c(C)cccc2CC)c2ccccc21. The van der Waals surface area contributed by atoms with Crippen molar-refractivity contribution in [3.05, 3.63) is 64.1 Å². The first kappa shape index (κ1) is 22.3. The summed E-state index contributed by atoms with van der Waals surface area (Å²) in [6.45, 7) is 6.42. The van der Waals surface area contributed by atoms with Crippen LogP contribution in [0.4, 0.5) is 5.69 Å². The van der Waals surface area contributed by atoms with Crippen LogP contribution in [0.3, 0.4) is 0 Å². The molecule has 2 aromatic carbocycles. The Hall–Kier alpha value is -3.35. The zero-order valence-corrected chi connectivity index (χ0v) is 18.3. The van der Waals surface area contributed by atoms with Crippen molar-refractivity contribution in [3.63, 3.8) is 0 Å². The highest BCUT2D eigenvalue weighted by molar-refractivity contribution is 5.94. The van der Waals surface area contributed by atoms with Gasteiger partial charge in [-0.3, -0.25) is 18.7 Å². The second-order valence-electron chi connectivity index (χ2n) is 7.50. The molecular formula is C24H29N3O4. The number of fused-ring (bicyclic) bond motifs is 1. The van der Waals surface area contributed by atoms with Gasteiger partial charge in [0.05, 0.1) is 17.5 Å². The van der Waals surface area contributed by atoms with Gasteiger partial charge in [0, 0.05) is 18.8 Å². The maximum absolute atomic E-state index is 12.8. The van der Waals surface area contributed by atoms with E-state index in [2.05, 4.69) is 5.32 Å². The molecule has 31 heavy (non-hydrogen) atoms. The number of carbonyl (C=O) groups excluding carboxylic acids is 2. The second-order valence-corrected chi connectivity index (χ2v) is 7.50. The summed E-state index contributed by atoms with van der Waals surface area (Å²) in [5, 5.41) is 2.83. The van der Waals surface area contributed by atoms with E-state index in [1.165, 1.54) is 0 Å². The average Bonchev–Trinajstić information content (AvgIpc) is 3.03. The summed E-state index contributed by atoms with van der Waals surface area (Å²) < 4.78 is 8.46. The molecule has 0 atom stereocenters. The maximum atomic E-state index is 12.8. The molecule has 1 heterocycles. The predicted octanol–water partition coefficient (Wildman–Crippen LogP) is 3.66. The molecule has 0 aliphatic rings. The smallest absolute Gasteiger partial charge is 0.329 e. The lowest BCUT2D eigenvalue weighted by Crippen LogP contribution is -2.26. The van der Waals surface area contributed by atoms with Crippen molar-refractivity contribution in [1.29, 1.82) is 0 Å². The fourth-order valence-electron chi connectivity index (χ4n) is 3.73. The first-order chi connectivity index (χ1) is 15.0. The minimum atomic E-state index is -0.519. The van der Waals surface area contributed by atoms with Crippen LogP contribution in [0.5, 0.6) is 0 Å². The minimum Gasteiger partial charge on any atom is -0.456 e. The van der Waals surface area contributed by atoms with Crippen molar-refractivity contribution < 1.29 is 14.3 Å². The molecule has 0 radical (unpaired) electrons. The fraction of sp³-hybridized carbons (Fsp3) is 0.375. The third-order valence-corrected chi connectivity index (χ3v) is 5.28. The van der Waals surface area contributed by atoms with Crippen LogP contribution in [0, 0.1) is 6.92 Å². The summed E-state index contributed by atoms with van der Waals surface area (Å²) in [6.07, 6.45) is 1.64. The Bertz CT molecular complexity index is 1140. The number of para-hydroxylation sites is 3. The van der Waals surface area contributed by atoms with Crippen molar-refractivity contribution in [2.24, 2.45) is 0 Å². The van der Waals surface area contributed by atoms with Gasteiger partial charge in [-0.2, -0.15) is 0 Å². The minimum absolute atomic E-state index is 0.0118. The number of nitrogens with one attached hydrogen (secondary N) is 1. The van der Waals surface area contributed by atoms with E-state index in [1.807, 2.05) is 63.2 Å². The number of aromatic nitrogens is 2. The number of nitrogens with zero attached hydrogens (tertiary/aromatic N) is 2. The molecule has 0 aliphatic heterocycles. The Balaban J connectivity index is 1.60. The number of imidazole rings is 1. The largest absolute Gasteiger partial charge is 0.456 e. The quantitative estimate of drug-likeness (QED) is 0.533. The summed E-state index contributed by atoms with van der Waals surface area (Å²) in [5.74, 6) is -0.899. The van der Waals surface area contributed by atoms with E-state index in [0.717, 1.165) is 40.7 Å². The Labute approximate surface area is 181 Å². The van der Waals surface area contributed by atoms with E-state index in [0.29, 0.717) is 6.54 Å². The van der Waals surface area contributed by atoms with Gasteiger partial charge in [-0.15, -0.1) is 0 Å². The van der Waals surface area contributed by atoms with Crippen LogP contribution in [0.15, 0.2) is 47.3 Å². The third kappa shape index (κ3) is 5.05. The molecule has 0 fully saturated rings. The Morgan fingerprint density at radius 2 is 1.65 bits per heavy atom. The zero-order chi connectivity index (χ0) is 22.4. The van der Waals surface area contributed by atoms with Crippen molar-refractivity contribution in [2.45, 2.75) is 53.1 Å². The van der Waals surface area contributed by atoms with Crippen molar-refractivity contribution in [1.82, 2.24) is 9.13 Å². The molecule has 1 amide bonds. The maximum Gasteiger partial charge on any atom is 0.329 e. The van der Waals surface area contributed by atoms with Gasteiger partial charge in [-0.1, -0.05) is 44.2 Å². The number of anilines is 1. The Kier molecular flexibility index (Phi) is 7.28. The zero-order valence-electron chi connectivity index (χ0n) is 18.3. The number of hydrogen-bond donors (Lipinski definition) is 1. The highest BCUT2D eigenvalue weighted by Gasteiger charge is 2.15. The van der Waals surface area contributed by atoms with Crippen LogP contribution in [0.25, 0.3) is 11.0 Å². The number of esters is 1. The predicted molar refractivity (Wildman–Crippen MR) is 121 cm³/mol. The van der Waals surface area contributed by atoms with E-state index >= 15 is 0 Å². The highest BCUT2D eigenvalue weighted by Crippen LogP contribution is 2.21. The molecule has 0 unspecified atom stereocenters. The molecular weight excluding hydrogens is 394 g/mol. The lowest BCUT2D eigenvalue weighted by molar-refractivity contribution is -0.147. The molecule has 0 saturated heterocycles. The number of rotatable bonds is 9. The number of benzene rings is 2. The van der Waals surface area contributed by atoms with Crippen LogP contribution in [0.1, 0.15) is 37.8 Å². The van der Waals surface area contributed by atoms with Gasteiger partial charge in [0.15, 0.2) is 6.61 Å². The second kappa shape index (κ2) is 10.1. The molecule has 3 rings (SSSR count). The van der Waals surface area contributed by atoms with Gasteiger partial charge >= 0.3 is 11.7 Å². The fourth-order valence-corrected chi connectivity index (χ4v) is 3.73. The van der Waals surface area contributed by atoms with Crippen LogP contribution >= 0.6 is 0 Å². The van der Waals surface area contributed by atoms with E-state index in [-0.39, 0.29) is 31.2 Å². The van der Waals surface area contributed by atoms with Gasteiger partial charge in [0.25, 0.3) is 5.91 Å². The monoisotopic (exact) mass is 423 g/mol. The van der Waals surface area contributed by atoms with E-state index in [4.69, 9.17) is 4.74 Å². The van der Waals surface area contributed by atoms with Crippen LogP contribution in [-0.2, 0) is 33.8 Å². The summed E-state index contributed by atoms with van der Waals surface area (Å²) in [5.41, 5.74) is 4.26.